The van der Waals surface area contributed by atoms with E-state index < -0.39 is 68.9 Å². The van der Waals surface area contributed by atoms with Crippen LogP contribution in [0.2, 0.25) is 0 Å². The summed E-state index contributed by atoms with van der Waals surface area (Å²) in [5, 5.41) is 0. The van der Waals surface area contributed by atoms with Crippen molar-refractivity contribution in [3.8, 4) is 0 Å². The van der Waals surface area contributed by atoms with E-state index >= 15 is 0 Å². The molecule has 0 radical (unpaired) electrons. The number of ketones is 2. The number of hydrogen-bond donors (Lipinski definition) is 0. The van der Waals surface area contributed by atoms with Crippen molar-refractivity contribution in [2.75, 3.05) is 13.7 Å². The molecule has 10 heteroatoms. The Morgan fingerprint density at radius 1 is 1.10 bits per heavy atom. The van der Waals surface area contributed by atoms with E-state index in [-0.39, 0.29) is 30.0 Å². The number of methoxy groups -OCH3 is 1. The minimum absolute atomic E-state index is 0.0873. The zero-order chi connectivity index (χ0) is 30.6. The maximum Gasteiger partial charge on any atom is 0.323 e. The van der Waals surface area contributed by atoms with Gasteiger partial charge >= 0.3 is 17.9 Å². The predicted octanol–water partition coefficient (Wildman–Crippen LogP) is 3.49. The van der Waals surface area contributed by atoms with E-state index in [0.29, 0.717) is 6.42 Å². The molecule has 5 aliphatic rings. The molecule has 6 rings (SSSR count). The van der Waals surface area contributed by atoms with E-state index in [2.05, 4.69) is 0 Å². The minimum atomic E-state index is -1.80. The Hall–Kier alpha value is -3.53. The highest BCUT2D eigenvalue weighted by atomic mass is 16.6. The molecular weight excluding hydrogens is 544 g/mol. The fraction of sp³-hybridized carbons (Fsp3) is 0.594. The molecule has 2 heterocycles. The van der Waals surface area contributed by atoms with Crippen LogP contribution in [0.25, 0.3) is 0 Å². The van der Waals surface area contributed by atoms with Crippen molar-refractivity contribution in [2.45, 2.75) is 71.7 Å². The van der Waals surface area contributed by atoms with E-state index in [1.807, 2.05) is 26.8 Å². The first kappa shape index (κ1) is 28.6. The van der Waals surface area contributed by atoms with Crippen LogP contribution in [0.4, 0.5) is 0 Å². The summed E-state index contributed by atoms with van der Waals surface area (Å²) in [6.07, 6.45) is 6.54. The lowest BCUT2D eigenvalue weighted by atomic mass is 9.37. The van der Waals surface area contributed by atoms with Gasteiger partial charge in [-0.15, -0.1) is 0 Å². The molecule has 2 unspecified atom stereocenters. The Kier molecular flexibility index (Phi) is 5.95. The molecule has 0 aromatic carbocycles. The summed E-state index contributed by atoms with van der Waals surface area (Å²) in [4.78, 5) is 68.2. The quantitative estimate of drug-likeness (QED) is 0.220. The third-order valence-electron chi connectivity index (χ3n) is 11.4. The third-order valence-corrected chi connectivity index (χ3v) is 11.4. The van der Waals surface area contributed by atoms with Crippen LogP contribution in [0, 0.1) is 33.5 Å². The van der Waals surface area contributed by atoms with Crippen molar-refractivity contribution in [1.29, 1.82) is 0 Å². The number of epoxide rings is 1. The van der Waals surface area contributed by atoms with Crippen LogP contribution < -0.4 is 0 Å². The van der Waals surface area contributed by atoms with E-state index in [9.17, 15) is 24.0 Å². The molecule has 0 amide bonds. The van der Waals surface area contributed by atoms with Gasteiger partial charge < -0.3 is 23.4 Å². The fourth-order valence-electron chi connectivity index (χ4n) is 9.77. The number of carbonyl (C=O) groups is 5. The Bertz CT molecular complexity index is 1470. The van der Waals surface area contributed by atoms with Gasteiger partial charge in [-0.25, -0.2) is 0 Å². The summed E-state index contributed by atoms with van der Waals surface area (Å²) < 4.78 is 28.9. The molecule has 10 nitrogen and oxygen atoms in total. The first-order valence-electron chi connectivity index (χ1n) is 14.3. The third kappa shape index (κ3) is 3.01. The summed E-state index contributed by atoms with van der Waals surface area (Å²) in [5.74, 6) is -5.14. The second kappa shape index (κ2) is 8.75. The van der Waals surface area contributed by atoms with Crippen LogP contribution in [0.5, 0.6) is 0 Å². The summed E-state index contributed by atoms with van der Waals surface area (Å²) in [5.41, 5.74) is -5.43. The van der Waals surface area contributed by atoms with Gasteiger partial charge in [-0.2, -0.15) is 0 Å². The number of carbonyl (C=O) groups excluding carboxylic acids is 5. The molecule has 0 N–H and O–H groups in total. The average molecular weight is 581 g/mol. The maximum atomic E-state index is 14.7. The van der Waals surface area contributed by atoms with Crippen molar-refractivity contribution in [3.63, 3.8) is 0 Å². The number of allylic oxidation sites excluding steroid dienone is 3. The number of rotatable bonds is 5. The molecule has 0 bridgehead atoms. The van der Waals surface area contributed by atoms with Gasteiger partial charge in [0, 0.05) is 23.7 Å². The fourth-order valence-corrected chi connectivity index (χ4v) is 9.77. The van der Waals surface area contributed by atoms with Gasteiger partial charge in [0.2, 0.25) is 0 Å². The van der Waals surface area contributed by atoms with E-state index in [1.54, 1.807) is 25.5 Å². The smallest absolute Gasteiger partial charge is 0.323 e. The minimum Gasteiger partial charge on any atom is -0.472 e. The van der Waals surface area contributed by atoms with Gasteiger partial charge in [0.15, 0.2) is 11.6 Å². The standard InChI is InChI=1S/C32H36O10/c1-8-40-26(36)23-24(41-16(2)33)25-28(3)11-9-20(34)29(4,27(37)38-7)19(28)14-21(35)31(25,6)32-22(42-32)13-18(30(23,32)5)17-10-12-39-15-17/h9-12,14-15,18,22-25H,8,13H2,1-7H3/t18-,22+,23+,24?,25?,28-,29-,30+,31+,32+/m0/s1. The summed E-state index contributed by atoms with van der Waals surface area (Å²) in [6, 6.07) is 1.84. The van der Waals surface area contributed by atoms with Crippen molar-refractivity contribution >= 4 is 29.5 Å². The Labute approximate surface area is 243 Å². The highest BCUT2D eigenvalue weighted by molar-refractivity contribution is 6.15. The molecule has 3 fully saturated rings. The molecule has 1 aromatic heterocycles. The monoisotopic (exact) mass is 580 g/mol. The van der Waals surface area contributed by atoms with Crippen molar-refractivity contribution in [1.82, 2.24) is 0 Å². The van der Waals surface area contributed by atoms with E-state index in [0.717, 1.165) is 5.56 Å². The van der Waals surface area contributed by atoms with Crippen LogP contribution in [0.3, 0.4) is 0 Å². The normalized spacial score (nSPS) is 44.6. The Morgan fingerprint density at radius 3 is 2.40 bits per heavy atom. The van der Waals surface area contributed by atoms with Gasteiger partial charge in [0.1, 0.15) is 23.0 Å². The number of furan rings is 1. The Balaban J connectivity index is 1.68. The van der Waals surface area contributed by atoms with Crippen molar-refractivity contribution in [2.24, 2.45) is 33.5 Å². The first-order chi connectivity index (χ1) is 19.7. The number of ether oxygens (including phenoxy) is 4. The number of esters is 3. The van der Waals surface area contributed by atoms with Crippen molar-refractivity contribution in [3.05, 3.63) is 48.0 Å². The lowest BCUT2D eigenvalue weighted by Gasteiger charge is -2.65. The van der Waals surface area contributed by atoms with E-state index in [4.69, 9.17) is 23.4 Å². The zero-order valence-electron chi connectivity index (χ0n) is 24.8. The SMILES string of the molecule is CCOC(=O)[C@H]1C(OC(C)=O)C2[C@@]3(C)C=CC(=O)[C@@](C)(C(=O)OC)C3=CC(=O)[C@@]2(C)[C@@]23O[C@@H]2C[C@@H](c2ccoc2)[C@]13C. The van der Waals surface area contributed by atoms with Crippen LogP contribution in [0.15, 0.2) is 46.8 Å². The molecule has 1 spiro atoms. The van der Waals surface area contributed by atoms with Gasteiger partial charge in [0.05, 0.1) is 37.8 Å². The number of fused-ring (bicyclic) bond motifs is 3. The lowest BCUT2D eigenvalue weighted by Crippen LogP contribution is -2.74. The van der Waals surface area contributed by atoms with E-state index in [1.165, 1.54) is 33.1 Å². The predicted molar refractivity (Wildman–Crippen MR) is 145 cm³/mol. The zero-order valence-corrected chi connectivity index (χ0v) is 24.8. The Morgan fingerprint density at radius 2 is 1.81 bits per heavy atom. The van der Waals surface area contributed by atoms with Gasteiger partial charge in [-0.05, 0) is 62.5 Å². The number of hydrogen-bond acceptors (Lipinski definition) is 10. The van der Waals surface area contributed by atoms with Crippen LogP contribution in [-0.4, -0.2) is 61.0 Å². The summed E-state index contributed by atoms with van der Waals surface area (Å²) >= 11 is 0. The van der Waals surface area contributed by atoms with Gasteiger partial charge in [-0.3, -0.25) is 24.0 Å². The van der Waals surface area contributed by atoms with Crippen molar-refractivity contribution < 1.29 is 47.3 Å². The van der Waals surface area contributed by atoms with Gasteiger partial charge in [-0.1, -0.05) is 19.9 Å². The molecule has 42 heavy (non-hydrogen) atoms. The van der Waals surface area contributed by atoms with Crippen LogP contribution >= 0.6 is 0 Å². The largest absolute Gasteiger partial charge is 0.472 e. The maximum absolute atomic E-state index is 14.7. The summed E-state index contributed by atoms with van der Waals surface area (Å²) in [7, 11) is 1.19. The van der Waals surface area contributed by atoms with Crippen LogP contribution in [0.1, 0.15) is 59.4 Å². The molecule has 1 aliphatic heterocycles. The average Bonchev–Trinajstić information content (AvgIpc) is 3.29. The highest BCUT2D eigenvalue weighted by Gasteiger charge is 2.91. The first-order valence-corrected chi connectivity index (χ1v) is 14.3. The summed E-state index contributed by atoms with van der Waals surface area (Å²) in [6.45, 7) is 10.0. The molecule has 224 valence electrons. The highest BCUT2D eigenvalue weighted by Crippen LogP contribution is 2.82. The second-order valence-electron chi connectivity index (χ2n) is 13.0. The second-order valence-corrected chi connectivity index (χ2v) is 13.0. The lowest BCUT2D eigenvalue weighted by molar-refractivity contribution is -0.227. The topological polar surface area (TPSA) is 139 Å². The molecule has 4 aliphatic carbocycles. The molecule has 1 aromatic rings. The molecule has 10 atom stereocenters. The van der Waals surface area contributed by atoms with Crippen LogP contribution in [-0.2, 0) is 42.9 Å². The van der Waals surface area contributed by atoms with Gasteiger partial charge in [0.25, 0.3) is 0 Å². The molecule has 1 saturated heterocycles. The molecular formula is C32H36O10. The molecule has 2 saturated carbocycles.